The number of nitrogens with one attached hydrogen (secondary N) is 1. The molecule has 2 aromatic rings. The summed E-state index contributed by atoms with van der Waals surface area (Å²) in [6, 6.07) is 5.52. The number of aryl methyl sites for hydroxylation is 1. The number of anilines is 1. The summed E-state index contributed by atoms with van der Waals surface area (Å²) in [6.45, 7) is 1.95. The number of hydrogen-bond donors (Lipinski definition) is 2. The number of rotatable bonds is 3. The molecule has 5 nitrogen and oxygen atoms in total. The van der Waals surface area contributed by atoms with Crippen LogP contribution in [0.3, 0.4) is 0 Å². The molecule has 1 heterocycles. The zero-order valence-electron chi connectivity index (χ0n) is 10.9. The first-order valence-electron chi connectivity index (χ1n) is 5.99. The normalized spacial score (nSPS) is 9.70. The standard InChI is InChI=1S/C14H13N3O2S/c1-10-8-11(4-2-3-7-18)5-6-12(10)15-14(19)13-9-20-17-16-13/h5-6,8-9,18H,3,7H2,1H3,(H,15,19). The summed E-state index contributed by atoms with van der Waals surface area (Å²) in [6.07, 6.45) is 0.453. The molecule has 0 aliphatic heterocycles. The van der Waals surface area contributed by atoms with Gasteiger partial charge >= 0.3 is 0 Å². The van der Waals surface area contributed by atoms with Gasteiger partial charge in [-0.1, -0.05) is 16.3 Å². The van der Waals surface area contributed by atoms with E-state index in [0.717, 1.165) is 28.3 Å². The number of benzene rings is 1. The first-order chi connectivity index (χ1) is 9.70. The van der Waals surface area contributed by atoms with Crippen LogP contribution in [0.4, 0.5) is 5.69 Å². The Morgan fingerprint density at radius 3 is 3.00 bits per heavy atom. The lowest BCUT2D eigenvalue weighted by atomic mass is 10.1. The summed E-state index contributed by atoms with van der Waals surface area (Å²) in [5.41, 5.74) is 2.79. The minimum atomic E-state index is -0.277. The highest BCUT2D eigenvalue weighted by molar-refractivity contribution is 7.03. The zero-order chi connectivity index (χ0) is 14.4. The Morgan fingerprint density at radius 1 is 1.50 bits per heavy atom. The Kier molecular flexibility index (Phi) is 4.82. The van der Waals surface area contributed by atoms with Gasteiger partial charge in [0.15, 0.2) is 5.69 Å². The Labute approximate surface area is 120 Å². The van der Waals surface area contributed by atoms with Gasteiger partial charge in [-0.25, -0.2) is 0 Å². The van der Waals surface area contributed by atoms with Crippen molar-refractivity contribution in [3.63, 3.8) is 0 Å². The Bertz CT molecular complexity index is 657. The van der Waals surface area contributed by atoms with Gasteiger partial charge in [-0.2, -0.15) is 0 Å². The van der Waals surface area contributed by atoms with Crippen LogP contribution in [-0.4, -0.2) is 27.2 Å². The third-order valence-electron chi connectivity index (χ3n) is 2.54. The summed E-state index contributed by atoms with van der Waals surface area (Å²) < 4.78 is 3.66. The minimum Gasteiger partial charge on any atom is -0.395 e. The summed E-state index contributed by atoms with van der Waals surface area (Å²) in [5.74, 6) is 5.53. The maximum Gasteiger partial charge on any atom is 0.277 e. The molecule has 1 amide bonds. The molecule has 20 heavy (non-hydrogen) atoms. The van der Waals surface area contributed by atoms with E-state index < -0.39 is 0 Å². The van der Waals surface area contributed by atoms with Crippen molar-refractivity contribution in [3.05, 3.63) is 40.4 Å². The smallest absolute Gasteiger partial charge is 0.277 e. The van der Waals surface area contributed by atoms with Crippen LogP contribution in [-0.2, 0) is 0 Å². The number of aromatic nitrogens is 2. The fraction of sp³-hybridized carbons (Fsp3) is 0.214. The number of aliphatic hydroxyl groups excluding tert-OH is 1. The minimum absolute atomic E-state index is 0.0573. The highest BCUT2D eigenvalue weighted by atomic mass is 32.1. The molecule has 2 N–H and O–H groups in total. The van der Waals surface area contributed by atoms with Crippen LogP contribution in [0.5, 0.6) is 0 Å². The number of carbonyl (C=O) groups excluding carboxylic acids is 1. The Hall–Kier alpha value is -2.23. The predicted molar refractivity (Wildman–Crippen MR) is 77.6 cm³/mol. The first kappa shape index (κ1) is 14.2. The van der Waals surface area contributed by atoms with Crippen LogP contribution in [0.15, 0.2) is 23.6 Å². The van der Waals surface area contributed by atoms with Crippen LogP contribution < -0.4 is 5.32 Å². The van der Waals surface area contributed by atoms with Crippen LogP contribution in [0.25, 0.3) is 0 Å². The fourth-order valence-corrected chi connectivity index (χ4v) is 1.99. The number of aliphatic hydroxyl groups is 1. The first-order valence-corrected chi connectivity index (χ1v) is 6.83. The molecule has 1 aromatic carbocycles. The lowest BCUT2D eigenvalue weighted by molar-refractivity contribution is 0.102. The van der Waals surface area contributed by atoms with Gasteiger partial charge in [0.25, 0.3) is 5.91 Å². The van der Waals surface area contributed by atoms with E-state index in [0.29, 0.717) is 12.1 Å². The van der Waals surface area contributed by atoms with E-state index in [1.54, 1.807) is 11.4 Å². The molecule has 0 saturated heterocycles. The van der Waals surface area contributed by atoms with Gasteiger partial charge in [0.05, 0.1) is 6.61 Å². The third kappa shape index (κ3) is 3.63. The van der Waals surface area contributed by atoms with E-state index >= 15 is 0 Å². The molecule has 0 bridgehead atoms. The average molecular weight is 287 g/mol. The van der Waals surface area contributed by atoms with E-state index in [-0.39, 0.29) is 12.5 Å². The molecule has 0 radical (unpaired) electrons. The fourth-order valence-electron chi connectivity index (χ4n) is 1.55. The van der Waals surface area contributed by atoms with Crippen molar-refractivity contribution in [3.8, 4) is 11.8 Å². The molecule has 102 valence electrons. The SMILES string of the molecule is Cc1cc(C#CCCO)ccc1NC(=O)c1csnn1. The summed E-state index contributed by atoms with van der Waals surface area (Å²) in [7, 11) is 0. The van der Waals surface area contributed by atoms with E-state index in [9.17, 15) is 4.79 Å². The maximum absolute atomic E-state index is 11.9. The summed E-state index contributed by atoms with van der Waals surface area (Å²) in [4.78, 5) is 11.9. The quantitative estimate of drug-likeness (QED) is 0.845. The molecule has 0 saturated carbocycles. The zero-order valence-corrected chi connectivity index (χ0v) is 11.7. The van der Waals surface area contributed by atoms with Crippen molar-refractivity contribution in [1.82, 2.24) is 9.59 Å². The van der Waals surface area contributed by atoms with Crippen LogP contribution >= 0.6 is 11.5 Å². The largest absolute Gasteiger partial charge is 0.395 e. The topological polar surface area (TPSA) is 75.1 Å². The lowest BCUT2D eigenvalue weighted by Crippen LogP contribution is -2.13. The molecule has 0 aliphatic rings. The van der Waals surface area contributed by atoms with Crippen LogP contribution in [0.2, 0.25) is 0 Å². The van der Waals surface area contributed by atoms with Gasteiger partial charge in [0.1, 0.15) is 0 Å². The molecule has 0 atom stereocenters. The number of hydrogen-bond acceptors (Lipinski definition) is 5. The molecular weight excluding hydrogens is 274 g/mol. The second-order valence-corrected chi connectivity index (χ2v) is 4.66. The van der Waals surface area contributed by atoms with Crippen LogP contribution in [0.1, 0.15) is 28.0 Å². The van der Waals surface area contributed by atoms with Crippen molar-refractivity contribution in [2.75, 3.05) is 11.9 Å². The van der Waals surface area contributed by atoms with Gasteiger partial charge in [-0.05, 0) is 42.2 Å². The molecule has 6 heteroatoms. The summed E-state index contributed by atoms with van der Waals surface area (Å²) in [5, 5.41) is 16.8. The van der Waals surface area contributed by atoms with E-state index in [2.05, 4.69) is 26.7 Å². The van der Waals surface area contributed by atoms with Crippen molar-refractivity contribution in [2.45, 2.75) is 13.3 Å². The molecule has 0 fully saturated rings. The Balaban J connectivity index is 2.11. The third-order valence-corrected chi connectivity index (χ3v) is 3.04. The van der Waals surface area contributed by atoms with Gasteiger partial charge in [-0.15, -0.1) is 5.10 Å². The van der Waals surface area contributed by atoms with Gasteiger partial charge in [0.2, 0.25) is 0 Å². The number of nitrogens with zero attached hydrogens (tertiary/aromatic N) is 2. The molecule has 0 unspecified atom stereocenters. The van der Waals surface area contributed by atoms with Gasteiger partial charge in [0, 0.05) is 23.1 Å². The summed E-state index contributed by atoms with van der Waals surface area (Å²) >= 11 is 1.14. The Morgan fingerprint density at radius 2 is 2.35 bits per heavy atom. The second-order valence-electron chi connectivity index (χ2n) is 4.05. The number of carbonyl (C=O) groups is 1. The van der Waals surface area contributed by atoms with Crippen molar-refractivity contribution < 1.29 is 9.90 Å². The van der Waals surface area contributed by atoms with Gasteiger partial charge in [-0.3, -0.25) is 4.79 Å². The van der Waals surface area contributed by atoms with Gasteiger partial charge < -0.3 is 10.4 Å². The predicted octanol–water partition coefficient (Wildman–Crippen LogP) is 1.83. The molecule has 0 aliphatic carbocycles. The van der Waals surface area contributed by atoms with Crippen molar-refractivity contribution >= 4 is 23.1 Å². The monoisotopic (exact) mass is 287 g/mol. The highest BCUT2D eigenvalue weighted by Gasteiger charge is 2.10. The average Bonchev–Trinajstić information content (AvgIpc) is 2.96. The maximum atomic E-state index is 11.9. The molecular formula is C14H13N3O2S. The highest BCUT2D eigenvalue weighted by Crippen LogP contribution is 2.17. The van der Waals surface area contributed by atoms with E-state index in [4.69, 9.17) is 5.11 Å². The number of amides is 1. The molecule has 0 spiro atoms. The van der Waals surface area contributed by atoms with Crippen molar-refractivity contribution in [1.29, 1.82) is 0 Å². The molecule has 2 rings (SSSR count). The second kappa shape index (κ2) is 6.80. The van der Waals surface area contributed by atoms with E-state index in [1.165, 1.54) is 0 Å². The lowest BCUT2D eigenvalue weighted by Gasteiger charge is -2.07. The van der Waals surface area contributed by atoms with Crippen molar-refractivity contribution in [2.24, 2.45) is 0 Å². The van der Waals surface area contributed by atoms with E-state index in [1.807, 2.05) is 19.1 Å². The molecule has 1 aromatic heterocycles. The van der Waals surface area contributed by atoms with Crippen LogP contribution in [0, 0.1) is 18.8 Å².